The zero-order valence-electron chi connectivity index (χ0n) is 13.4. The highest BCUT2D eigenvalue weighted by Crippen LogP contribution is 2.21. The molecule has 0 saturated carbocycles. The quantitative estimate of drug-likeness (QED) is 0.855. The molecular weight excluding hydrogens is 308 g/mol. The number of rotatable bonds is 6. The van der Waals surface area contributed by atoms with Crippen LogP contribution in [0.3, 0.4) is 0 Å². The molecule has 0 aliphatic rings. The van der Waals surface area contributed by atoms with Crippen molar-refractivity contribution in [2.45, 2.75) is 25.1 Å². The van der Waals surface area contributed by atoms with E-state index in [1.165, 1.54) is 0 Å². The van der Waals surface area contributed by atoms with Gasteiger partial charge in [-0.3, -0.25) is 9.00 Å². The first-order valence-electron chi connectivity index (χ1n) is 7.46. The number of anilines is 1. The summed E-state index contributed by atoms with van der Waals surface area (Å²) in [6.07, 6.45) is 1.89. The monoisotopic (exact) mass is 330 g/mol. The molecule has 0 radical (unpaired) electrons. The Morgan fingerprint density at radius 3 is 2.52 bits per heavy atom. The van der Waals surface area contributed by atoms with Crippen molar-refractivity contribution < 1.29 is 9.00 Å². The molecule has 23 heavy (non-hydrogen) atoms. The van der Waals surface area contributed by atoms with Crippen molar-refractivity contribution in [3.63, 3.8) is 0 Å². The molecule has 2 aromatic rings. The van der Waals surface area contributed by atoms with Gasteiger partial charge in [-0.2, -0.15) is 0 Å². The zero-order valence-corrected chi connectivity index (χ0v) is 14.2. The fourth-order valence-corrected chi connectivity index (χ4v) is 3.16. The minimum absolute atomic E-state index is 0.126. The molecule has 122 valence electrons. The van der Waals surface area contributed by atoms with Gasteiger partial charge in [0.25, 0.3) is 0 Å². The summed E-state index contributed by atoms with van der Waals surface area (Å²) in [5, 5.41) is 2.91. The summed E-state index contributed by atoms with van der Waals surface area (Å²) in [4.78, 5) is 12.2. The standard InChI is InChI=1S/C18H22N2O2S/c1-13-15(12-23(2)22)9-6-10-17(13)20-18(21)11-16(19)14-7-4-3-5-8-14/h3-10,16H,11-12,19H2,1-2H3,(H,20,21). The van der Waals surface area contributed by atoms with Gasteiger partial charge in [-0.05, 0) is 29.7 Å². The van der Waals surface area contributed by atoms with E-state index in [2.05, 4.69) is 5.32 Å². The molecule has 2 atom stereocenters. The first kappa shape index (κ1) is 17.4. The normalized spacial score (nSPS) is 13.3. The second-order valence-electron chi connectivity index (χ2n) is 5.58. The van der Waals surface area contributed by atoms with Crippen LogP contribution in [-0.2, 0) is 21.3 Å². The molecule has 0 bridgehead atoms. The van der Waals surface area contributed by atoms with E-state index in [1.807, 2.05) is 55.5 Å². The second-order valence-corrected chi connectivity index (χ2v) is 7.01. The van der Waals surface area contributed by atoms with E-state index >= 15 is 0 Å². The van der Waals surface area contributed by atoms with Crippen LogP contribution in [0, 0.1) is 6.92 Å². The molecule has 0 aliphatic heterocycles. The lowest BCUT2D eigenvalue weighted by atomic mass is 10.0. The van der Waals surface area contributed by atoms with Gasteiger partial charge in [-0.25, -0.2) is 0 Å². The highest BCUT2D eigenvalue weighted by Gasteiger charge is 2.13. The molecule has 0 aromatic heterocycles. The van der Waals surface area contributed by atoms with Gasteiger partial charge >= 0.3 is 0 Å². The van der Waals surface area contributed by atoms with Crippen molar-refractivity contribution in [2.24, 2.45) is 5.73 Å². The van der Waals surface area contributed by atoms with E-state index in [1.54, 1.807) is 6.26 Å². The number of nitrogens with one attached hydrogen (secondary N) is 1. The van der Waals surface area contributed by atoms with Crippen LogP contribution in [0.25, 0.3) is 0 Å². The molecule has 5 heteroatoms. The number of hydrogen-bond acceptors (Lipinski definition) is 3. The maximum Gasteiger partial charge on any atom is 0.226 e. The van der Waals surface area contributed by atoms with Crippen LogP contribution in [0.1, 0.15) is 29.2 Å². The van der Waals surface area contributed by atoms with Crippen LogP contribution in [0.4, 0.5) is 5.69 Å². The van der Waals surface area contributed by atoms with Crippen molar-refractivity contribution in [3.05, 3.63) is 65.2 Å². The van der Waals surface area contributed by atoms with E-state index in [-0.39, 0.29) is 18.4 Å². The van der Waals surface area contributed by atoms with Gasteiger partial charge in [-0.15, -0.1) is 0 Å². The van der Waals surface area contributed by atoms with Gasteiger partial charge in [0.1, 0.15) is 0 Å². The highest BCUT2D eigenvalue weighted by atomic mass is 32.2. The topological polar surface area (TPSA) is 72.2 Å². The second kappa shape index (κ2) is 8.04. The predicted octanol–water partition coefficient (Wildman–Crippen LogP) is 2.90. The van der Waals surface area contributed by atoms with Gasteiger partial charge in [0.15, 0.2) is 0 Å². The van der Waals surface area contributed by atoms with Crippen LogP contribution < -0.4 is 11.1 Å². The molecule has 2 rings (SSSR count). The number of amides is 1. The number of carbonyl (C=O) groups is 1. The van der Waals surface area contributed by atoms with Crippen molar-refractivity contribution in [2.75, 3.05) is 11.6 Å². The molecule has 3 N–H and O–H groups in total. The SMILES string of the molecule is Cc1c(CS(C)=O)cccc1NC(=O)CC(N)c1ccccc1. The highest BCUT2D eigenvalue weighted by molar-refractivity contribution is 7.83. The smallest absolute Gasteiger partial charge is 0.226 e. The lowest BCUT2D eigenvalue weighted by Gasteiger charge is -2.15. The molecule has 0 saturated heterocycles. The number of benzene rings is 2. The third-order valence-corrected chi connectivity index (χ3v) is 4.43. The fourth-order valence-electron chi connectivity index (χ4n) is 2.41. The van der Waals surface area contributed by atoms with Crippen LogP contribution in [0.5, 0.6) is 0 Å². The van der Waals surface area contributed by atoms with Crippen LogP contribution in [0.2, 0.25) is 0 Å². The molecule has 2 aromatic carbocycles. The van der Waals surface area contributed by atoms with Crippen molar-refractivity contribution >= 4 is 22.4 Å². The number of hydrogen-bond donors (Lipinski definition) is 2. The minimum atomic E-state index is -0.915. The maximum atomic E-state index is 12.2. The Labute approximate surface area is 139 Å². The fraction of sp³-hybridized carbons (Fsp3) is 0.278. The molecule has 0 spiro atoms. The summed E-state index contributed by atoms with van der Waals surface area (Å²) in [6.45, 7) is 1.93. The summed E-state index contributed by atoms with van der Waals surface area (Å²) < 4.78 is 11.4. The van der Waals surface area contributed by atoms with Crippen molar-refractivity contribution in [1.82, 2.24) is 0 Å². The van der Waals surface area contributed by atoms with Crippen molar-refractivity contribution in [3.8, 4) is 0 Å². The predicted molar refractivity (Wildman–Crippen MR) is 95.6 cm³/mol. The average Bonchev–Trinajstić information content (AvgIpc) is 2.51. The molecular formula is C18H22N2O2S. The van der Waals surface area contributed by atoms with Crippen molar-refractivity contribution in [1.29, 1.82) is 0 Å². The Balaban J connectivity index is 2.04. The van der Waals surface area contributed by atoms with Gasteiger partial charge < -0.3 is 11.1 Å². The van der Waals surface area contributed by atoms with Gasteiger partial charge in [0, 0.05) is 41.0 Å². The van der Waals surface area contributed by atoms with E-state index in [4.69, 9.17) is 5.73 Å². The third-order valence-electron chi connectivity index (χ3n) is 3.71. The summed E-state index contributed by atoms with van der Waals surface area (Å²) in [7, 11) is -0.915. The Kier molecular flexibility index (Phi) is 6.07. The minimum Gasteiger partial charge on any atom is -0.326 e. The number of nitrogens with two attached hydrogens (primary N) is 1. The lowest BCUT2D eigenvalue weighted by Crippen LogP contribution is -2.21. The van der Waals surface area contributed by atoms with E-state index < -0.39 is 10.8 Å². The largest absolute Gasteiger partial charge is 0.326 e. The molecule has 0 fully saturated rings. The summed E-state index contributed by atoms with van der Waals surface area (Å²) in [6, 6.07) is 14.9. The van der Waals surface area contributed by atoms with E-state index in [0.717, 1.165) is 22.4 Å². The Morgan fingerprint density at radius 2 is 1.87 bits per heavy atom. The third kappa shape index (κ3) is 5.01. The van der Waals surface area contributed by atoms with Gasteiger partial charge in [-0.1, -0.05) is 42.5 Å². The van der Waals surface area contributed by atoms with Crippen LogP contribution in [-0.4, -0.2) is 16.4 Å². The molecule has 2 unspecified atom stereocenters. The lowest BCUT2D eigenvalue weighted by molar-refractivity contribution is -0.116. The van der Waals surface area contributed by atoms with Gasteiger partial charge in [0.2, 0.25) is 5.91 Å². The van der Waals surface area contributed by atoms with Gasteiger partial charge in [0.05, 0.1) is 0 Å². The average molecular weight is 330 g/mol. The number of carbonyl (C=O) groups excluding carboxylic acids is 1. The molecule has 0 heterocycles. The van der Waals surface area contributed by atoms with Crippen LogP contribution in [0.15, 0.2) is 48.5 Å². The summed E-state index contributed by atoms with van der Waals surface area (Å²) in [5.41, 5.74) is 9.70. The Hall–Kier alpha value is -1.98. The molecule has 0 aliphatic carbocycles. The summed E-state index contributed by atoms with van der Waals surface area (Å²) in [5.74, 6) is 0.359. The Morgan fingerprint density at radius 1 is 1.17 bits per heavy atom. The van der Waals surface area contributed by atoms with E-state index in [0.29, 0.717) is 5.75 Å². The Bertz CT molecular complexity index is 701. The first-order valence-corrected chi connectivity index (χ1v) is 9.19. The van der Waals surface area contributed by atoms with E-state index in [9.17, 15) is 9.00 Å². The molecule has 1 amide bonds. The maximum absolute atomic E-state index is 12.2. The summed E-state index contributed by atoms with van der Waals surface area (Å²) >= 11 is 0. The van der Waals surface area contributed by atoms with Crippen LogP contribution >= 0.6 is 0 Å². The zero-order chi connectivity index (χ0) is 16.8. The first-order chi connectivity index (χ1) is 11.0. The molecule has 4 nitrogen and oxygen atoms in total.